The number of pyridine rings is 1. The molecule has 0 saturated carbocycles. The summed E-state index contributed by atoms with van der Waals surface area (Å²) in [5, 5.41) is 3.48. The van der Waals surface area contributed by atoms with Crippen LogP contribution in [0.15, 0.2) is 59.6 Å². The van der Waals surface area contributed by atoms with Gasteiger partial charge in [0.05, 0.1) is 5.56 Å². The lowest BCUT2D eigenvalue weighted by molar-refractivity contribution is 0.0946. The molecule has 1 N–H and O–H groups in total. The smallest absolute Gasteiger partial charge is 0.254 e. The zero-order chi connectivity index (χ0) is 21.7. The zero-order valence-corrected chi connectivity index (χ0v) is 17.9. The highest BCUT2D eigenvalue weighted by Crippen LogP contribution is 2.30. The molecule has 0 fully saturated rings. The summed E-state index contributed by atoms with van der Waals surface area (Å²) in [5.74, 6) is 0.520. The Hall–Kier alpha value is -2.93. The Morgan fingerprint density at radius 3 is 2.50 bits per heavy atom. The second-order valence-electron chi connectivity index (χ2n) is 6.76. The van der Waals surface area contributed by atoms with Gasteiger partial charge in [0, 0.05) is 19.3 Å². The number of anilines is 2. The fourth-order valence-corrected chi connectivity index (χ4v) is 3.86. The molecule has 1 amide bonds. The van der Waals surface area contributed by atoms with Crippen molar-refractivity contribution in [3.8, 4) is 0 Å². The van der Waals surface area contributed by atoms with Crippen molar-refractivity contribution in [2.24, 2.45) is 0 Å². The number of hydrogen-bond donors (Lipinski definition) is 1. The molecule has 2 aromatic carbocycles. The lowest BCUT2D eigenvalue weighted by Gasteiger charge is -2.21. The molecule has 0 aliphatic rings. The fourth-order valence-electron chi connectivity index (χ4n) is 3.03. The van der Waals surface area contributed by atoms with E-state index in [0.29, 0.717) is 22.0 Å². The molecule has 7 heteroatoms. The minimum atomic E-state index is -0.338. The molecule has 1 aromatic heterocycles. The Bertz CT molecular complexity index is 1040. The summed E-state index contributed by atoms with van der Waals surface area (Å²) in [6.07, 6.45) is 0. The van der Waals surface area contributed by atoms with E-state index in [9.17, 15) is 13.6 Å². The summed E-state index contributed by atoms with van der Waals surface area (Å²) < 4.78 is 26.6. The van der Waals surface area contributed by atoms with E-state index in [1.54, 1.807) is 24.3 Å². The first kappa shape index (κ1) is 21.8. The Morgan fingerprint density at radius 2 is 1.83 bits per heavy atom. The van der Waals surface area contributed by atoms with Crippen molar-refractivity contribution in [2.45, 2.75) is 25.4 Å². The molecule has 0 atom stereocenters. The van der Waals surface area contributed by atoms with Gasteiger partial charge in [-0.15, -0.1) is 11.8 Å². The van der Waals surface area contributed by atoms with Crippen LogP contribution in [-0.2, 0) is 6.54 Å². The molecule has 0 radical (unpaired) electrons. The van der Waals surface area contributed by atoms with Gasteiger partial charge >= 0.3 is 0 Å². The Morgan fingerprint density at radius 1 is 1.10 bits per heavy atom. The van der Waals surface area contributed by atoms with Gasteiger partial charge in [-0.05, 0) is 66.3 Å². The number of thioether (sulfide) groups is 1. The predicted octanol–water partition coefficient (Wildman–Crippen LogP) is 5.48. The van der Waals surface area contributed by atoms with Crippen molar-refractivity contribution in [3.63, 3.8) is 0 Å². The topological polar surface area (TPSA) is 45.2 Å². The molecule has 1 heterocycles. The first-order valence-corrected chi connectivity index (χ1v) is 10.5. The van der Waals surface area contributed by atoms with Crippen LogP contribution >= 0.6 is 11.8 Å². The van der Waals surface area contributed by atoms with E-state index in [1.807, 2.05) is 31.9 Å². The second kappa shape index (κ2) is 9.71. The van der Waals surface area contributed by atoms with Crippen LogP contribution in [0.3, 0.4) is 0 Å². The van der Waals surface area contributed by atoms with Crippen molar-refractivity contribution in [3.05, 3.63) is 82.9 Å². The van der Waals surface area contributed by atoms with Crippen molar-refractivity contribution >= 4 is 29.2 Å². The summed E-state index contributed by atoms with van der Waals surface area (Å²) in [6, 6.07) is 14.1. The van der Waals surface area contributed by atoms with Crippen molar-refractivity contribution in [1.82, 2.24) is 10.3 Å². The zero-order valence-electron chi connectivity index (χ0n) is 17.1. The highest BCUT2D eigenvalue weighted by Gasteiger charge is 2.19. The number of carbonyl (C=O) groups is 1. The second-order valence-corrected chi connectivity index (χ2v) is 8.01. The standard InChI is InChI=1S/C23H23F2N3OS/c1-4-30-23-21(22(29)26-14-16-6-5-7-18(25)13-16)15(2)12-20(27-23)28(3)19-10-8-17(24)9-11-19/h5-13H,4,14H2,1-3H3,(H,26,29). The van der Waals surface area contributed by atoms with Crippen molar-refractivity contribution in [2.75, 3.05) is 17.7 Å². The third-order valence-corrected chi connectivity index (χ3v) is 5.44. The molecule has 30 heavy (non-hydrogen) atoms. The van der Waals surface area contributed by atoms with E-state index in [0.717, 1.165) is 17.0 Å². The molecule has 0 bridgehead atoms. The summed E-state index contributed by atoms with van der Waals surface area (Å²) in [6.45, 7) is 4.08. The minimum absolute atomic E-state index is 0.226. The predicted molar refractivity (Wildman–Crippen MR) is 117 cm³/mol. The molecule has 0 aliphatic heterocycles. The number of carbonyl (C=O) groups excluding carboxylic acids is 1. The molecular weight excluding hydrogens is 404 g/mol. The summed E-state index contributed by atoms with van der Waals surface area (Å²) in [7, 11) is 1.85. The van der Waals surface area contributed by atoms with Gasteiger partial charge in [0.1, 0.15) is 22.5 Å². The van der Waals surface area contributed by atoms with E-state index in [1.165, 1.54) is 36.0 Å². The van der Waals surface area contributed by atoms with Gasteiger partial charge in [0.15, 0.2) is 0 Å². The van der Waals surface area contributed by atoms with Crippen LogP contribution in [0.5, 0.6) is 0 Å². The molecule has 3 rings (SSSR count). The largest absolute Gasteiger partial charge is 0.348 e. The lowest BCUT2D eigenvalue weighted by atomic mass is 10.1. The van der Waals surface area contributed by atoms with Gasteiger partial charge in [0.2, 0.25) is 0 Å². The maximum absolute atomic E-state index is 13.4. The minimum Gasteiger partial charge on any atom is -0.348 e. The van der Waals surface area contributed by atoms with E-state index in [4.69, 9.17) is 0 Å². The average molecular weight is 428 g/mol. The monoisotopic (exact) mass is 427 g/mol. The van der Waals surface area contributed by atoms with Gasteiger partial charge in [-0.1, -0.05) is 19.1 Å². The summed E-state index contributed by atoms with van der Waals surface area (Å²) >= 11 is 1.48. The summed E-state index contributed by atoms with van der Waals surface area (Å²) in [4.78, 5) is 19.4. The molecule has 0 unspecified atom stereocenters. The number of benzene rings is 2. The molecular formula is C23H23F2N3OS. The molecule has 0 spiro atoms. The molecule has 3 aromatic rings. The Balaban J connectivity index is 1.87. The number of hydrogen-bond acceptors (Lipinski definition) is 4. The Kier molecular flexibility index (Phi) is 7.05. The van der Waals surface area contributed by atoms with Gasteiger partial charge < -0.3 is 10.2 Å². The Labute approximate surface area is 179 Å². The number of amides is 1. The third kappa shape index (κ3) is 5.16. The number of nitrogens with one attached hydrogen (secondary N) is 1. The average Bonchev–Trinajstić information content (AvgIpc) is 2.72. The number of halogens is 2. The number of aryl methyl sites for hydroxylation is 1. The fraction of sp³-hybridized carbons (Fsp3) is 0.217. The van der Waals surface area contributed by atoms with Gasteiger partial charge in [0.25, 0.3) is 5.91 Å². The van der Waals surface area contributed by atoms with Crippen LogP contribution in [0.2, 0.25) is 0 Å². The highest BCUT2D eigenvalue weighted by atomic mass is 32.2. The highest BCUT2D eigenvalue weighted by molar-refractivity contribution is 7.99. The van der Waals surface area contributed by atoms with Crippen molar-refractivity contribution < 1.29 is 13.6 Å². The van der Waals surface area contributed by atoms with Gasteiger partial charge in [-0.25, -0.2) is 13.8 Å². The molecule has 0 aliphatic carbocycles. The summed E-state index contributed by atoms with van der Waals surface area (Å²) in [5.41, 5.74) is 2.77. The van der Waals surface area contributed by atoms with Crippen LogP contribution in [0.1, 0.15) is 28.4 Å². The van der Waals surface area contributed by atoms with E-state index in [-0.39, 0.29) is 24.1 Å². The van der Waals surface area contributed by atoms with Crippen LogP contribution in [-0.4, -0.2) is 23.7 Å². The van der Waals surface area contributed by atoms with Crippen molar-refractivity contribution in [1.29, 1.82) is 0 Å². The van der Waals surface area contributed by atoms with Gasteiger partial charge in [-0.2, -0.15) is 0 Å². The first-order chi connectivity index (χ1) is 14.4. The van der Waals surface area contributed by atoms with Crippen LogP contribution < -0.4 is 10.2 Å². The van der Waals surface area contributed by atoms with Crippen LogP contribution in [0, 0.1) is 18.6 Å². The quantitative estimate of drug-likeness (QED) is 0.507. The van der Waals surface area contributed by atoms with E-state index < -0.39 is 0 Å². The third-order valence-electron chi connectivity index (χ3n) is 4.58. The molecule has 0 saturated heterocycles. The van der Waals surface area contributed by atoms with Crippen LogP contribution in [0.25, 0.3) is 0 Å². The number of aromatic nitrogens is 1. The first-order valence-electron chi connectivity index (χ1n) is 9.55. The normalized spacial score (nSPS) is 10.7. The van der Waals surface area contributed by atoms with E-state index in [2.05, 4.69) is 10.3 Å². The maximum Gasteiger partial charge on any atom is 0.254 e. The van der Waals surface area contributed by atoms with Gasteiger partial charge in [-0.3, -0.25) is 4.79 Å². The number of nitrogens with zero attached hydrogens (tertiary/aromatic N) is 2. The van der Waals surface area contributed by atoms with E-state index >= 15 is 0 Å². The number of rotatable bonds is 7. The lowest BCUT2D eigenvalue weighted by Crippen LogP contribution is -2.25. The molecule has 156 valence electrons. The maximum atomic E-state index is 13.4. The van der Waals surface area contributed by atoms with Crippen LogP contribution in [0.4, 0.5) is 20.3 Å². The molecule has 4 nitrogen and oxygen atoms in total. The SMILES string of the molecule is CCSc1nc(N(C)c2ccc(F)cc2)cc(C)c1C(=O)NCc1cccc(F)c1.